The molecule has 0 amide bonds. The van der Waals surface area contributed by atoms with Crippen molar-refractivity contribution in [2.24, 2.45) is 0 Å². The highest BCUT2D eigenvalue weighted by Crippen LogP contribution is 2.15. The number of rotatable bonds is 33. The first kappa shape index (κ1) is 38.9. The highest BCUT2D eigenvalue weighted by Gasteiger charge is 2.06. The van der Waals surface area contributed by atoms with Crippen LogP contribution in [0.25, 0.3) is 0 Å². The second-order valence-corrected chi connectivity index (χ2v) is 12.1. The van der Waals surface area contributed by atoms with E-state index in [9.17, 15) is 9.59 Å². The predicted octanol–water partition coefficient (Wildman–Crippen LogP) is 11.8. The van der Waals surface area contributed by atoms with Gasteiger partial charge in [-0.05, 0) is 12.8 Å². The maximum atomic E-state index is 11.9. The first-order valence-corrected chi connectivity index (χ1v) is 18.0. The van der Waals surface area contributed by atoms with E-state index in [-0.39, 0.29) is 25.2 Å². The third kappa shape index (κ3) is 33.1. The van der Waals surface area contributed by atoms with Crippen LogP contribution in [-0.2, 0) is 19.1 Å². The average molecular weight is 567 g/mol. The number of esters is 2. The van der Waals surface area contributed by atoms with E-state index in [0.29, 0.717) is 12.8 Å². The topological polar surface area (TPSA) is 52.6 Å². The van der Waals surface area contributed by atoms with Crippen LogP contribution in [0.5, 0.6) is 0 Å². The summed E-state index contributed by atoms with van der Waals surface area (Å²) in [4.78, 5) is 23.7. The summed E-state index contributed by atoms with van der Waals surface area (Å²) in [6.45, 7) is 4.91. The van der Waals surface area contributed by atoms with Crippen molar-refractivity contribution in [3.05, 3.63) is 0 Å². The molecule has 0 aliphatic heterocycles. The smallest absolute Gasteiger partial charge is 0.305 e. The van der Waals surface area contributed by atoms with Gasteiger partial charge in [0.05, 0.1) is 0 Å². The zero-order valence-corrected chi connectivity index (χ0v) is 27.3. The number of ether oxygens (including phenoxy) is 2. The molecular weight excluding hydrogens is 496 g/mol. The molecule has 0 saturated carbocycles. The molecule has 0 aromatic rings. The maximum Gasteiger partial charge on any atom is 0.305 e. The van der Waals surface area contributed by atoms with Gasteiger partial charge in [0.25, 0.3) is 0 Å². The summed E-state index contributed by atoms with van der Waals surface area (Å²) in [6.07, 6.45) is 37.6. The summed E-state index contributed by atoms with van der Waals surface area (Å²) < 4.78 is 10.4. The van der Waals surface area contributed by atoms with Crippen molar-refractivity contribution in [1.29, 1.82) is 0 Å². The van der Waals surface area contributed by atoms with Gasteiger partial charge < -0.3 is 9.47 Å². The highest BCUT2D eigenvalue weighted by molar-refractivity contribution is 5.70. The van der Waals surface area contributed by atoms with Crippen LogP contribution in [0.15, 0.2) is 0 Å². The molecule has 0 heterocycles. The molecule has 0 bridgehead atoms. The molecule has 0 atom stereocenters. The van der Waals surface area contributed by atoms with Crippen LogP contribution in [0.2, 0.25) is 0 Å². The largest absolute Gasteiger partial charge is 0.462 e. The van der Waals surface area contributed by atoms with Crippen LogP contribution in [-0.4, -0.2) is 25.2 Å². The highest BCUT2D eigenvalue weighted by atomic mass is 16.6. The van der Waals surface area contributed by atoms with E-state index in [2.05, 4.69) is 13.8 Å². The Hall–Kier alpha value is -1.06. The van der Waals surface area contributed by atoms with Crippen LogP contribution >= 0.6 is 0 Å². The van der Waals surface area contributed by atoms with E-state index in [1.54, 1.807) is 0 Å². The van der Waals surface area contributed by atoms with Gasteiger partial charge >= 0.3 is 11.9 Å². The fraction of sp³-hybridized carbons (Fsp3) is 0.944. The number of hydrogen-bond donors (Lipinski definition) is 0. The molecular formula is C36H70O4. The number of hydrogen-bond acceptors (Lipinski definition) is 4. The van der Waals surface area contributed by atoms with E-state index in [0.717, 1.165) is 25.7 Å². The lowest BCUT2D eigenvalue weighted by atomic mass is 10.0. The molecule has 4 heteroatoms. The van der Waals surface area contributed by atoms with Crippen LogP contribution in [0.4, 0.5) is 0 Å². The van der Waals surface area contributed by atoms with E-state index < -0.39 is 0 Å². The molecule has 0 aliphatic carbocycles. The minimum absolute atomic E-state index is 0.165. The molecule has 0 saturated heterocycles. The van der Waals surface area contributed by atoms with Crippen molar-refractivity contribution in [2.75, 3.05) is 13.2 Å². The molecule has 0 radical (unpaired) electrons. The molecule has 0 unspecified atom stereocenters. The summed E-state index contributed by atoms with van der Waals surface area (Å²) in [7, 11) is 0. The Bertz CT molecular complexity index is 519. The Morgan fingerprint density at radius 2 is 0.525 bits per heavy atom. The molecule has 0 N–H and O–H groups in total. The summed E-state index contributed by atoms with van der Waals surface area (Å²) in [5.41, 5.74) is 0. The van der Waals surface area contributed by atoms with Crippen molar-refractivity contribution in [2.45, 2.75) is 206 Å². The maximum absolute atomic E-state index is 11.9. The minimum atomic E-state index is -0.165. The molecule has 0 aromatic heterocycles. The third-order valence-electron chi connectivity index (χ3n) is 8.08. The molecule has 0 aromatic carbocycles. The van der Waals surface area contributed by atoms with E-state index >= 15 is 0 Å². The van der Waals surface area contributed by atoms with Crippen molar-refractivity contribution < 1.29 is 19.1 Å². The van der Waals surface area contributed by atoms with Gasteiger partial charge in [-0.3, -0.25) is 9.59 Å². The lowest BCUT2D eigenvalue weighted by molar-refractivity contribution is -0.152. The number of unbranched alkanes of at least 4 members (excludes halogenated alkanes) is 26. The van der Waals surface area contributed by atoms with E-state index in [1.807, 2.05) is 0 Å². The average Bonchev–Trinajstić information content (AvgIpc) is 2.95. The van der Waals surface area contributed by atoms with Gasteiger partial charge in [-0.2, -0.15) is 0 Å². The third-order valence-corrected chi connectivity index (χ3v) is 8.08. The SMILES string of the molecule is CCCCCCCCCCCCCCCCCC(=O)OCCOC(=O)CCCCCCCCCCCCCCC. The first-order chi connectivity index (χ1) is 19.7. The van der Waals surface area contributed by atoms with Crippen LogP contribution in [0.1, 0.15) is 206 Å². The second-order valence-electron chi connectivity index (χ2n) is 12.1. The summed E-state index contributed by atoms with van der Waals surface area (Å²) in [6, 6.07) is 0. The van der Waals surface area contributed by atoms with Crippen molar-refractivity contribution in [3.63, 3.8) is 0 Å². The second kappa shape index (κ2) is 34.1. The molecule has 4 nitrogen and oxygen atoms in total. The van der Waals surface area contributed by atoms with Gasteiger partial charge in [-0.25, -0.2) is 0 Å². The molecule has 40 heavy (non-hydrogen) atoms. The zero-order valence-electron chi connectivity index (χ0n) is 27.3. The standard InChI is InChI=1S/C36H70O4/c1-3-5-7-9-11-13-15-17-18-20-22-24-26-28-30-32-36(38)40-34-33-39-35(37)31-29-27-25-23-21-19-16-14-12-10-8-6-4-2/h3-34H2,1-2H3. The van der Waals surface area contributed by atoms with Gasteiger partial charge in [0.1, 0.15) is 13.2 Å². The fourth-order valence-electron chi connectivity index (χ4n) is 5.38. The van der Waals surface area contributed by atoms with Crippen molar-refractivity contribution in [3.8, 4) is 0 Å². The normalized spacial score (nSPS) is 11.2. The minimum Gasteiger partial charge on any atom is -0.462 e. The van der Waals surface area contributed by atoms with Gasteiger partial charge in [0.2, 0.25) is 0 Å². The Labute approximate surface area is 250 Å². The molecule has 238 valence electrons. The Morgan fingerprint density at radius 3 is 0.750 bits per heavy atom. The Kier molecular flexibility index (Phi) is 33.2. The van der Waals surface area contributed by atoms with E-state index in [4.69, 9.17) is 9.47 Å². The first-order valence-electron chi connectivity index (χ1n) is 18.0. The van der Waals surface area contributed by atoms with Gasteiger partial charge in [0.15, 0.2) is 0 Å². The van der Waals surface area contributed by atoms with E-state index in [1.165, 1.54) is 154 Å². The molecule has 0 fully saturated rings. The summed E-state index contributed by atoms with van der Waals surface area (Å²) in [5, 5.41) is 0. The molecule has 0 spiro atoms. The zero-order chi connectivity index (χ0) is 29.2. The summed E-state index contributed by atoms with van der Waals surface area (Å²) in [5.74, 6) is -0.330. The van der Waals surface area contributed by atoms with Gasteiger partial charge in [0, 0.05) is 12.8 Å². The fourth-order valence-corrected chi connectivity index (χ4v) is 5.38. The van der Waals surface area contributed by atoms with Gasteiger partial charge in [-0.15, -0.1) is 0 Å². The van der Waals surface area contributed by atoms with Crippen LogP contribution < -0.4 is 0 Å². The van der Waals surface area contributed by atoms with Crippen molar-refractivity contribution >= 4 is 11.9 Å². The predicted molar refractivity (Wildman–Crippen MR) is 172 cm³/mol. The monoisotopic (exact) mass is 567 g/mol. The van der Waals surface area contributed by atoms with Gasteiger partial charge in [-0.1, -0.05) is 181 Å². The van der Waals surface area contributed by atoms with Crippen LogP contribution in [0, 0.1) is 0 Å². The van der Waals surface area contributed by atoms with Crippen LogP contribution in [0.3, 0.4) is 0 Å². The van der Waals surface area contributed by atoms with Crippen molar-refractivity contribution in [1.82, 2.24) is 0 Å². The summed E-state index contributed by atoms with van der Waals surface area (Å²) >= 11 is 0. The quantitative estimate of drug-likeness (QED) is 0.0585. The molecule has 0 rings (SSSR count). The Balaban J connectivity index is 3.26. The Morgan fingerprint density at radius 1 is 0.325 bits per heavy atom. The number of carbonyl (C=O) groups is 2. The lowest BCUT2D eigenvalue weighted by Gasteiger charge is -2.07. The molecule has 0 aliphatic rings. The number of carbonyl (C=O) groups excluding carboxylic acids is 2. The lowest BCUT2D eigenvalue weighted by Crippen LogP contribution is -2.13.